The minimum absolute atomic E-state index is 0.139. The summed E-state index contributed by atoms with van der Waals surface area (Å²) in [6, 6.07) is 1.76. The number of nitrogens with zero attached hydrogens (tertiary/aromatic N) is 4. The second-order valence-corrected chi connectivity index (χ2v) is 4.49. The van der Waals surface area contributed by atoms with Gasteiger partial charge < -0.3 is 11.1 Å². The number of aryl methyl sites for hydroxylation is 2. The Morgan fingerprint density at radius 1 is 1.45 bits per heavy atom. The van der Waals surface area contributed by atoms with E-state index in [1.165, 1.54) is 0 Å². The standard InChI is InChI=1S/C13H18N6O/c1-3-12-11(6-9(2)17-18-12)13(20)15-4-5-19-8-10(14)7-16-19/h6-8H,3-5,14H2,1-2H3,(H,15,20). The smallest absolute Gasteiger partial charge is 0.253 e. The summed E-state index contributed by atoms with van der Waals surface area (Å²) >= 11 is 0. The molecule has 0 fully saturated rings. The van der Waals surface area contributed by atoms with E-state index >= 15 is 0 Å². The molecule has 106 valence electrons. The Balaban J connectivity index is 1.96. The molecule has 2 heterocycles. The second-order valence-electron chi connectivity index (χ2n) is 4.49. The molecule has 0 radical (unpaired) electrons. The Hall–Kier alpha value is -2.44. The van der Waals surface area contributed by atoms with Crippen LogP contribution in [-0.2, 0) is 13.0 Å². The predicted molar refractivity (Wildman–Crippen MR) is 75.1 cm³/mol. The lowest BCUT2D eigenvalue weighted by molar-refractivity contribution is 0.0950. The van der Waals surface area contributed by atoms with E-state index in [1.807, 2.05) is 13.8 Å². The largest absolute Gasteiger partial charge is 0.396 e. The third-order valence-corrected chi connectivity index (χ3v) is 2.85. The Bertz CT molecular complexity index is 607. The maximum Gasteiger partial charge on any atom is 0.253 e. The van der Waals surface area contributed by atoms with Crippen LogP contribution in [0.3, 0.4) is 0 Å². The lowest BCUT2D eigenvalue weighted by Crippen LogP contribution is -2.28. The first-order valence-electron chi connectivity index (χ1n) is 6.49. The highest BCUT2D eigenvalue weighted by Gasteiger charge is 2.12. The van der Waals surface area contributed by atoms with E-state index in [-0.39, 0.29) is 5.91 Å². The van der Waals surface area contributed by atoms with Crippen LogP contribution in [0, 0.1) is 6.92 Å². The lowest BCUT2D eigenvalue weighted by Gasteiger charge is -2.08. The van der Waals surface area contributed by atoms with Crippen LogP contribution >= 0.6 is 0 Å². The van der Waals surface area contributed by atoms with Crippen LogP contribution < -0.4 is 11.1 Å². The zero-order chi connectivity index (χ0) is 14.5. The van der Waals surface area contributed by atoms with Crippen molar-refractivity contribution in [2.45, 2.75) is 26.8 Å². The molecule has 0 unspecified atom stereocenters. The average Bonchev–Trinajstić information content (AvgIpc) is 2.84. The zero-order valence-electron chi connectivity index (χ0n) is 11.6. The molecule has 1 amide bonds. The van der Waals surface area contributed by atoms with Gasteiger partial charge in [0.2, 0.25) is 0 Å². The van der Waals surface area contributed by atoms with Gasteiger partial charge in [-0.25, -0.2) is 0 Å². The van der Waals surface area contributed by atoms with Crippen LogP contribution in [0.4, 0.5) is 5.69 Å². The molecule has 0 aliphatic rings. The summed E-state index contributed by atoms with van der Waals surface area (Å²) in [6.45, 7) is 4.81. The first-order chi connectivity index (χ1) is 9.60. The van der Waals surface area contributed by atoms with Gasteiger partial charge in [0.1, 0.15) is 0 Å². The van der Waals surface area contributed by atoms with Gasteiger partial charge in [-0.3, -0.25) is 9.48 Å². The van der Waals surface area contributed by atoms with Crippen molar-refractivity contribution in [1.29, 1.82) is 0 Å². The molecule has 0 atom stereocenters. The number of rotatable bonds is 5. The van der Waals surface area contributed by atoms with Crippen LogP contribution in [0.1, 0.15) is 28.7 Å². The maximum atomic E-state index is 12.1. The molecule has 7 heteroatoms. The number of anilines is 1. The maximum absolute atomic E-state index is 12.1. The molecular formula is C13H18N6O. The minimum Gasteiger partial charge on any atom is -0.396 e. The summed E-state index contributed by atoms with van der Waals surface area (Å²) in [5, 5.41) is 14.9. The number of aromatic nitrogens is 4. The number of nitrogens with one attached hydrogen (secondary N) is 1. The molecule has 0 aromatic carbocycles. The van der Waals surface area contributed by atoms with E-state index < -0.39 is 0 Å². The van der Waals surface area contributed by atoms with Gasteiger partial charge >= 0.3 is 0 Å². The highest BCUT2D eigenvalue weighted by molar-refractivity contribution is 5.95. The summed E-state index contributed by atoms with van der Waals surface area (Å²) in [4.78, 5) is 12.1. The van der Waals surface area contributed by atoms with Crippen molar-refractivity contribution in [2.24, 2.45) is 0 Å². The predicted octanol–water partition coefficient (Wildman–Crippen LogP) is 0.556. The SMILES string of the molecule is CCc1nnc(C)cc1C(=O)NCCn1cc(N)cn1. The quantitative estimate of drug-likeness (QED) is 0.830. The number of nitrogens with two attached hydrogens (primary N) is 1. The highest BCUT2D eigenvalue weighted by Crippen LogP contribution is 2.07. The number of amides is 1. The van der Waals surface area contributed by atoms with E-state index in [2.05, 4.69) is 20.6 Å². The highest BCUT2D eigenvalue weighted by atomic mass is 16.1. The van der Waals surface area contributed by atoms with Crippen molar-refractivity contribution < 1.29 is 4.79 Å². The molecule has 2 rings (SSSR count). The number of carbonyl (C=O) groups is 1. The van der Waals surface area contributed by atoms with Gasteiger partial charge in [-0.1, -0.05) is 6.92 Å². The van der Waals surface area contributed by atoms with E-state index in [0.29, 0.717) is 36.5 Å². The van der Waals surface area contributed by atoms with E-state index in [4.69, 9.17) is 5.73 Å². The first-order valence-corrected chi connectivity index (χ1v) is 6.49. The van der Waals surface area contributed by atoms with Crippen molar-refractivity contribution in [3.05, 3.63) is 35.4 Å². The van der Waals surface area contributed by atoms with Gasteiger partial charge in [0.15, 0.2) is 0 Å². The Morgan fingerprint density at radius 3 is 2.90 bits per heavy atom. The van der Waals surface area contributed by atoms with Crippen molar-refractivity contribution >= 4 is 11.6 Å². The van der Waals surface area contributed by atoms with Crippen LogP contribution in [0.2, 0.25) is 0 Å². The molecule has 2 aromatic heterocycles. The van der Waals surface area contributed by atoms with Crippen LogP contribution in [-0.4, -0.2) is 32.4 Å². The normalized spacial score (nSPS) is 10.5. The molecule has 0 aliphatic heterocycles. The number of carbonyl (C=O) groups excluding carboxylic acids is 1. The molecule has 0 aliphatic carbocycles. The van der Waals surface area contributed by atoms with Crippen molar-refractivity contribution in [1.82, 2.24) is 25.3 Å². The topological polar surface area (TPSA) is 98.7 Å². The van der Waals surface area contributed by atoms with Crippen LogP contribution in [0.5, 0.6) is 0 Å². The molecule has 0 spiro atoms. The average molecular weight is 274 g/mol. The molecule has 0 bridgehead atoms. The Morgan fingerprint density at radius 2 is 2.25 bits per heavy atom. The molecule has 0 saturated heterocycles. The fourth-order valence-electron chi connectivity index (χ4n) is 1.85. The van der Waals surface area contributed by atoms with Crippen LogP contribution in [0.25, 0.3) is 0 Å². The lowest BCUT2D eigenvalue weighted by atomic mass is 10.1. The van der Waals surface area contributed by atoms with E-state index in [9.17, 15) is 4.79 Å². The van der Waals surface area contributed by atoms with Crippen LogP contribution in [0.15, 0.2) is 18.5 Å². The van der Waals surface area contributed by atoms with E-state index in [0.717, 1.165) is 5.69 Å². The Labute approximate surface area is 117 Å². The fraction of sp³-hybridized carbons (Fsp3) is 0.385. The monoisotopic (exact) mass is 274 g/mol. The van der Waals surface area contributed by atoms with Gasteiger partial charge in [-0.2, -0.15) is 15.3 Å². The molecular weight excluding hydrogens is 256 g/mol. The second kappa shape index (κ2) is 6.14. The molecule has 2 aromatic rings. The third-order valence-electron chi connectivity index (χ3n) is 2.85. The zero-order valence-corrected chi connectivity index (χ0v) is 11.6. The molecule has 7 nitrogen and oxygen atoms in total. The minimum atomic E-state index is -0.139. The van der Waals surface area contributed by atoms with Crippen molar-refractivity contribution in [3.8, 4) is 0 Å². The Kier molecular flexibility index (Phi) is 4.29. The summed E-state index contributed by atoms with van der Waals surface area (Å²) in [6.07, 6.45) is 3.97. The first kappa shape index (κ1) is 14.0. The molecule has 0 saturated carbocycles. The van der Waals surface area contributed by atoms with E-state index in [1.54, 1.807) is 23.1 Å². The number of hydrogen-bond acceptors (Lipinski definition) is 5. The van der Waals surface area contributed by atoms with Gasteiger partial charge in [-0.05, 0) is 19.4 Å². The number of hydrogen-bond donors (Lipinski definition) is 2. The summed E-state index contributed by atoms with van der Waals surface area (Å²) < 4.78 is 1.69. The van der Waals surface area contributed by atoms with Gasteiger partial charge in [0.25, 0.3) is 5.91 Å². The summed E-state index contributed by atoms with van der Waals surface area (Å²) in [5.41, 5.74) is 8.20. The van der Waals surface area contributed by atoms with Gasteiger partial charge in [0.05, 0.1) is 35.4 Å². The third kappa shape index (κ3) is 3.31. The number of nitrogen functional groups attached to an aromatic ring is 1. The van der Waals surface area contributed by atoms with Gasteiger partial charge in [-0.15, -0.1) is 0 Å². The van der Waals surface area contributed by atoms with Gasteiger partial charge in [0, 0.05) is 12.7 Å². The van der Waals surface area contributed by atoms with Crippen molar-refractivity contribution in [3.63, 3.8) is 0 Å². The fourth-order valence-corrected chi connectivity index (χ4v) is 1.85. The summed E-state index contributed by atoms with van der Waals surface area (Å²) in [5.74, 6) is -0.139. The molecule has 20 heavy (non-hydrogen) atoms. The van der Waals surface area contributed by atoms with Crippen molar-refractivity contribution in [2.75, 3.05) is 12.3 Å². The molecule has 3 N–H and O–H groups in total. The summed E-state index contributed by atoms with van der Waals surface area (Å²) in [7, 11) is 0.